The fraction of sp³-hybridized carbons (Fsp3) is 0.625. The molecule has 1 N–H and O–H groups in total. The normalized spacial score (nSPS) is 14.9. The standard InChI is InChI=1S/C32H47NO2/c1-2-3-4-5-7-10-15-27-17-22-30(33-26-27)28-18-20-29(21-19-28)32(24-13-14-25-32)23-12-9-6-8-11-16-31(34)35/h17-22,26H,2-16,23-25H2,1H3,(H,34,35). The number of hydrogen-bond acceptors (Lipinski definition) is 2. The van der Waals surface area contributed by atoms with Crippen molar-refractivity contribution in [2.45, 2.75) is 128 Å². The summed E-state index contributed by atoms with van der Waals surface area (Å²) in [4.78, 5) is 15.4. The number of carboxylic acids is 1. The average molecular weight is 478 g/mol. The molecule has 192 valence electrons. The van der Waals surface area contributed by atoms with E-state index in [9.17, 15) is 4.79 Å². The van der Waals surface area contributed by atoms with Crippen LogP contribution in [0, 0.1) is 0 Å². The number of unbranched alkanes of at least 4 members (excludes halogenated alkanes) is 9. The third kappa shape index (κ3) is 9.09. The number of pyridine rings is 1. The summed E-state index contributed by atoms with van der Waals surface area (Å²) in [7, 11) is 0. The molecule has 3 nitrogen and oxygen atoms in total. The van der Waals surface area contributed by atoms with Gasteiger partial charge in [-0.2, -0.15) is 0 Å². The van der Waals surface area contributed by atoms with Crippen molar-refractivity contribution in [3.63, 3.8) is 0 Å². The van der Waals surface area contributed by atoms with E-state index in [1.165, 1.54) is 100 Å². The van der Waals surface area contributed by atoms with Crippen LogP contribution in [-0.2, 0) is 16.6 Å². The summed E-state index contributed by atoms with van der Waals surface area (Å²) in [6.07, 6.45) is 23.5. The van der Waals surface area contributed by atoms with Crippen LogP contribution in [0.25, 0.3) is 11.3 Å². The molecule has 0 unspecified atom stereocenters. The Labute approximate surface area is 213 Å². The molecule has 1 aromatic carbocycles. The molecule has 0 bridgehead atoms. The molecular formula is C32H47NO2. The van der Waals surface area contributed by atoms with Gasteiger partial charge >= 0.3 is 5.97 Å². The van der Waals surface area contributed by atoms with Gasteiger partial charge in [0.15, 0.2) is 0 Å². The maximum atomic E-state index is 10.7. The van der Waals surface area contributed by atoms with E-state index >= 15 is 0 Å². The lowest BCUT2D eigenvalue weighted by Crippen LogP contribution is -2.21. The van der Waals surface area contributed by atoms with Gasteiger partial charge in [-0.1, -0.05) is 108 Å². The smallest absolute Gasteiger partial charge is 0.303 e. The molecule has 0 amide bonds. The van der Waals surface area contributed by atoms with Crippen LogP contribution in [0.4, 0.5) is 0 Å². The zero-order chi connectivity index (χ0) is 24.8. The number of aryl methyl sites for hydroxylation is 1. The van der Waals surface area contributed by atoms with Crippen molar-refractivity contribution in [1.82, 2.24) is 4.98 Å². The van der Waals surface area contributed by atoms with Gasteiger partial charge in [0.2, 0.25) is 0 Å². The lowest BCUT2D eigenvalue weighted by Gasteiger charge is -2.30. The second-order valence-electron chi connectivity index (χ2n) is 10.8. The summed E-state index contributed by atoms with van der Waals surface area (Å²) in [6.45, 7) is 2.27. The summed E-state index contributed by atoms with van der Waals surface area (Å²) >= 11 is 0. The minimum Gasteiger partial charge on any atom is -0.481 e. The SMILES string of the molecule is CCCCCCCCc1ccc(-c2ccc(C3(CCCCCCCC(=O)O)CCCC3)cc2)nc1. The predicted molar refractivity (Wildman–Crippen MR) is 147 cm³/mol. The minimum atomic E-state index is -0.669. The van der Waals surface area contributed by atoms with Crippen molar-refractivity contribution in [2.75, 3.05) is 0 Å². The first-order valence-corrected chi connectivity index (χ1v) is 14.4. The summed E-state index contributed by atoms with van der Waals surface area (Å²) in [5, 5.41) is 8.78. The first kappa shape index (κ1) is 27.4. The van der Waals surface area contributed by atoms with Gasteiger partial charge in [-0.3, -0.25) is 9.78 Å². The third-order valence-corrected chi connectivity index (χ3v) is 8.04. The van der Waals surface area contributed by atoms with Gasteiger partial charge in [0.1, 0.15) is 0 Å². The lowest BCUT2D eigenvalue weighted by atomic mass is 9.74. The summed E-state index contributed by atoms with van der Waals surface area (Å²) in [5.41, 5.74) is 5.49. The predicted octanol–water partition coefficient (Wildman–Crippen LogP) is 9.28. The molecule has 1 aromatic heterocycles. The molecule has 3 rings (SSSR count). The first-order chi connectivity index (χ1) is 17.1. The second-order valence-corrected chi connectivity index (χ2v) is 10.8. The Balaban J connectivity index is 1.48. The van der Waals surface area contributed by atoms with Crippen molar-refractivity contribution in [3.8, 4) is 11.3 Å². The zero-order valence-electron chi connectivity index (χ0n) is 22.1. The van der Waals surface area contributed by atoms with Crippen molar-refractivity contribution in [2.24, 2.45) is 0 Å². The highest BCUT2D eigenvalue weighted by atomic mass is 16.4. The molecule has 3 heteroatoms. The van der Waals surface area contributed by atoms with Crippen LogP contribution in [0.5, 0.6) is 0 Å². The highest BCUT2D eigenvalue weighted by Gasteiger charge is 2.34. The molecular weight excluding hydrogens is 430 g/mol. The zero-order valence-corrected chi connectivity index (χ0v) is 22.1. The van der Waals surface area contributed by atoms with E-state index in [0.29, 0.717) is 11.8 Å². The van der Waals surface area contributed by atoms with Gasteiger partial charge < -0.3 is 5.11 Å². The highest BCUT2D eigenvalue weighted by Crippen LogP contribution is 2.45. The molecule has 1 heterocycles. The van der Waals surface area contributed by atoms with Gasteiger partial charge in [0.05, 0.1) is 5.69 Å². The third-order valence-electron chi connectivity index (χ3n) is 8.04. The molecule has 35 heavy (non-hydrogen) atoms. The highest BCUT2D eigenvalue weighted by molar-refractivity contribution is 5.66. The Morgan fingerprint density at radius 3 is 2.14 bits per heavy atom. The molecule has 0 radical (unpaired) electrons. The summed E-state index contributed by atoms with van der Waals surface area (Å²) in [6, 6.07) is 13.7. The van der Waals surface area contributed by atoms with Gasteiger partial charge in [0.25, 0.3) is 0 Å². The van der Waals surface area contributed by atoms with Gasteiger partial charge in [-0.05, 0) is 61.1 Å². The van der Waals surface area contributed by atoms with E-state index in [4.69, 9.17) is 10.1 Å². The van der Waals surface area contributed by atoms with Crippen LogP contribution >= 0.6 is 0 Å². The van der Waals surface area contributed by atoms with E-state index < -0.39 is 5.97 Å². The second kappa shape index (κ2) is 15.1. The Morgan fingerprint density at radius 1 is 0.829 bits per heavy atom. The van der Waals surface area contributed by atoms with Crippen molar-refractivity contribution in [1.29, 1.82) is 0 Å². The van der Waals surface area contributed by atoms with Gasteiger partial charge in [-0.15, -0.1) is 0 Å². The fourth-order valence-corrected chi connectivity index (χ4v) is 5.85. The number of benzene rings is 1. The largest absolute Gasteiger partial charge is 0.481 e. The first-order valence-electron chi connectivity index (χ1n) is 14.4. The Morgan fingerprint density at radius 2 is 1.49 bits per heavy atom. The van der Waals surface area contributed by atoms with Crippen molar-refractivity contribution < 1.29 is 9.90 Å². The van der Waals surface area contributed by atoms with E-state index in [0.717, 1.165) is 31.4 Å². The summed E-state index contributed by atoms with van der Waals surface area (Å²) < 4.78 is 0. The topological polar surface area (TPSA) is 50.2 Å². The molecule has 2 aromatic rings. The fourth-order valence-electron chi connectivity index (χ4n) is 5.85. The molecule has 1 saturated carbocycles. The Hall–Kier alpha value is -2.16. The van der Waals surface area contributed by atoms with Crippen LogP contribution in [0.3, 0.4) is 0 Å². The van der Waals surface area contributed by atoms with Crippen molar-refractivity contribution in [3.05, 3.63) is 53.7 Å². The molecule has 0 spiro atoms. The Kier molecular flexibility index (Phi) is 11.8. The molecule has 1 aliphatic carbocycles. The van der Waals surface area contributed by atoms with Crippen LogP contribution < -0.4 is 0 Å². The number of rotatable bonds is 17. The Bertz CT molecular complexity index is 850. The molecule has 1 aliphatic rings. The van der Waals surface area contributed by atoms with E-state index in [-0.39, 0.29) is 0 Å². The number of carboxylic acid groups (broad SMARTS) is 1. The van der Waals surface area contributed by atoms with Gasteiger partial charge in [-0.25, -0.2) is 0 Å². The number of nitrogens with zero attached hydrogens (tertiary/aromatic N) is 1. The van der Waals surface area contributed by atoms with Gasteiger partial charge in [0, 0.05) is 18.2 Å². The van der Waals surface area contributed by atoms with Crippen LogP contribution in [0.2, 0.25) is 0 Å². The molecule has 0 saturated heterocycles. The maximum Gasteiger partial charge on any atom is 0.303 e. The van der Waals surface area contributed by atoms with Crippen LogP contribution in [0.1, 0.15) is 127 Å². The van der Waals surface area contributed by atoms with Crippen molar-refractivity contribution >= 4 is 5.97 Å². The molecule has 1 fully saturated rings. The molecule has 0 atom stereocenters. The van der Waals surface area contributed by atoms with Crippen LogP contribution in [-0.4, -0.2) is 16.1 Å². The maximum absolute atomic E-state index is 10.7. The number of carbonyl (C=O) groups is 1. The lowest BCUT2D eigenvalue weighted by molar-refractivity contribution is -0.137. The number of aromatic nitrogens is 1. The van der Waals surface area contributed by atoms with Crippen LogP contribution in [0.15, 0.2) is 42.6 Å². The van der Waals surface area contributed by atoms with E-state index in [2.05, 4.69) is 49.5 Å². The quantitative estimate of drug-likeness (QED) is 0.231. The average Bonchev–Trinajstić information content (AvgIpc) is 3.36. The van der Waals surface area contributed by atoms with E-state index in [1.807, 2.05) is 0 Å². The van der Waals surface area contributed by atoms with E-state index in [1.54, 1.807) is 0 Å². The summed E-state index contributed by atoms with van der Waals surface area (Å²) in [5.74, 6) is -0.669. The monoisotopic (exact) mass is 477 g/mol. The number of hydrogen-bond donors (Lipinski definition) is 1. The minimum absolute atomic E-state index is 0.312. The number of aliphatic carboxylic acids is 1. The molecule has 0 aliphatic heterocycles.